The summed E-state index contributed by atoms with van der Waals surface area (Å²) < 4.78 is 33.5. The quantitative estimate of drug-likeness (QED) is 0.787. The van der Waals surface area contributed by atoms with E-state index in [2.05, 4.69) is 9.71 Å². The molecule has 29 heavy (non-hydrogen) atoms. The molecule has 8 heteroatoms. The van der Waals surface area contributed by atoms with Gasteiger partial charge in [-0.25, -0.2) is 17.9 Å². The minimum atomic E-state index is -3.54. The predicted molar refractivity (Wildman–Crippen MR) is 112 cm³/mol. The fourth-order valence-corrected chi connectivity index (χ4v) is 5.11. The van der Waals surface area contributed by atoms with Crippen LogP contribution in [0.3, 0.4) is 0 Å². The van der Waals surface area contributed by atoms with E-state index < -0.39 is 20.4 Å². The van der Waals surface area contributed by atoms with Gasteiger partial charge in [-0.2, -0.15) is 0 Å². The topological polar surface area (TPSA) is 88.6 Å². The van der Waals surface area contributed by atoms with Gasteiger partial charge in [0.25, 0.3) is 0 Å². The summed E-state index contributed by atoms with van der Waals surface area (Å²) >= 11 is 0. The van der Waals surface area contributed by atoms with Gasteiger partial charge in [-0.05, 0) is 77.8 Å². The second kappa shape index (κ2) is 7.23. The Morgan fingerprint density at radius 1 is 1.21 bits per heavy atom. The lowest BCUT2D eigenvalue weighted by molar-refractivity contribution is 0.00710. The molecule has 1 aromatic rings. The molecule has 162 valence electrons. The van der Waals surface area contributed by atoms with Crippen LogP contribution in [-0.4, -0.2) is 47.8 Å². The Morgan fingerprint density at radius 2 is 1.83 bits per heavy atom. The maximum absolute atomic E-state index is 13.0. The molecule has 0 radical (unpaired) electrons. The average Bonchev–Trinajstić information content (AvgIpc) is 2.86. The van der Waals surface area contributed by atoms with Crippen LogP contribution in [0.25, 0.3) is 0 Å². The number of likely N-dealkylation sites (tertiary alicyclic amines) is 1. The largest absolute Gasteiger partial charge is 0.444 e. The molecule has 1 saturated heterocycles. The van der Waals surface area contributed by atoms with Crippen molar-refractivity contribution in [1.82, 2.24) is 14.6 Å². The lowest BCUT2D eigenvalue weighted by Gasteiger charge is -2.43. The summed E-state index contributed by atoms with van der Waals surface area (Å²) in [4.78, 5) is 18.7. The number of ether oxygens (including phenoxy) is 1. The first-order chi connectivity index (χ1) is 13.2. The van der Waals surface area contributed by atoms with Crippen molar-refractivity contribution in [3.8, 4) is 0 Å². The number of fused-ring (bicyclic) bond motifs is 1. The summed E-state index contributed by atoms with van der Waals surface area (Å²) in [6.07, 6.45) is 3.54. The van der Waals surface area contributed by atoms with E-state index in [0.29, 0.717) is 32.4 Å². The number of carbonyl (C=O) groups is 1. The highest BCUT2D eigenvalue weighted by Gasteiger charge is 2.51. The van der Waals surface area contributed by atoms with E-state index in [1.54, 1.807) is 31.9 Å². The molecule has 1 amide bonds. The third kappa shape index (κ3) is 4.43. The fourth-order valence-electron chi connectivity index (χ4n) is 4.07. The molecule has 1 fully saturated rings. The number of sulfonamides is 1. The van der Waals surface area contributed by atoms with Gasteiger partial charge in [-0.3, -0.25) is 4.98 Å². The standard InChI is InChI=1S/C21H33N3O4S/c1-19(2,3)28-18(25)24-12-9-21(10-13-24)14-16-15(8-7-11-22-16)17(21)23-29(26,27)20(4,5)6/h7-8,11,17,23H,9-10,12-14H2,1-6H3/t17-/m1/s1. The molecule has 1 aliphatic heterocycles. The van der Waals surface area contributed by atoms with E-state index in [1.807, 2.05) is 32.9 Å². The number of hydrogen-bond donors (Lipinski definition) is 1. The third-order valence-corrected chi connectivity index (χ3v) is 8.02. The normalized spacial score (nSPS) is 21.9. The van der Waals surface area contributed by atoms with Gasteiger partial charge in [0.05, 0.1) is 10.8 Å². The summed E-state index contributed by atoms with van der Waals surface area (Å²) in [7, 11) is -3.54. The van der Waals surface area contributed by atoms with E-state index in [4.69, 9.17) is 4.74 Å². The van der Waals surface area contributed by atoms with Crippen LogP contribution in [-0.2, 0) is 21.2 Å². The highest BCUT2D eigenvalue weighted by molar-refractivity contribution is 7.90. The number of rotatable bonds is 2. The zero-order valence-corrected chi connectivity index (χ0v) is 19.1. The molecular weight excluding hydrogens is 390 g/mol. The second-order valence-electron chi connectivity index (χ2n) is 10.2. The molecule has 7 nitrogen and oxygen atoms in total. The average molecular weight is 424 g/mol. The molecule has 0 bridgehead atoms. The van der Waals surface area contributed by atoms with Crippen molar-refractivity contribution in [2.75, 3.05) is 13.1 Å². The second-order valence-corrected chi connectivity index (χ2v) is 12.7. The third-order valence-electron chi connectivity index (χ3n) is 5.86. The van der Waals surface area contributed by atoms with Crippen LogP contribution < -0.4 is 4.72 Å². The number of pyridine rings is 1. The molecule has 1 aromatic heterocycles. The van der Waals surface area contributed by atoms with Crippen LogP contribution in [0.5, 0.6) is 0 Å². The fraction of sp³-hybridized carbons (Fsp3) is 0.714. The van der Waals surface area contributed by atoms with Crippen molar-refractivity contribution in [2.45, 2.75) is 77.2 Å². The van der Waals surface area contributed by atoms with Crippen LogP contribution in [0, 0.1) is 5.41 Å². The molecule has 1 N–H and O–H groups in total. The first kappa shape index (κ1) is 22.0. The van der Waals surface area contributed by atoms with Gasteiger partial charge in [0, 0.05) is 25.0 Å². The number of amides is 1. The minimum Gasteiger partial charge on any atom is -0.444 e. The van der Waals surface area contributed by atoms with E-state index in [1.165, 1.54) is 0 Å². The van der Waals surface area contributed by atoms with Crippen LogP contribution in [0.4, 0.5) is 4.79 Å². The zero-order chi connectivity index (χ0) is 21.7. The number of nitrogens with one attached hydrogen (secondary N) is 1. The summed E-state index contributed by atoms with van der Waals surface area (Å²) in [6.45, 7) is 11.7. The van der Waals surface area contributed by atoms with Gasteiger partial charge in [-0.15, -0.1) is 0 Å². The lowest BCUT2D eigenvalue weighted by Crippen LogP contribution is -2.51. The molecule has 0 unspecified atom stereocenters. The van der Waals surface area contributed by atoms with Gasteiger partial charge >= 0.3 is 6.09 Å². The van der Waals surface area contributed by atoms with Crippen molar-refractivity contribution in [3.05, 3.63) is 29.6 Å². The van der Waals surface area contributed by atoms with Gasteiger partial charge in [0.2, 0.25) is 10.0 Å². The van der Waals surface area contributed by atoms with E-state index in [9.17, 15) is 13.2 Å². The van der Waals surface area contributed by atoms with E-state index in [0.717, 1.165) is 11.3 Å². The SMILES string of the molecule is CC(C)(C)OC(=O)N1CCC2(CC1)Cc1ncccc1[C@H]2NS(=O)(=O)C(C)(C)C. The van der Waals surface area contributed by atoms with Crippen molar-refractivity contribution >= 4 is 16.1 Å². The Labute approximate surface area is 174 Å². The molecule has 3 rings (SSSR count). The number of piperidine rings is 1. The van der Waals surface area contributed by atoms with Crippen molar-refractivity contribution < 1.29 is 17.9 Å². The summed E-state index contributed by atoms with van der Waals surface area (Å²) in [5.74, 6) is 0. The highest BCUT2D eigenvalue weighted by atomic mass is 32.2. The Morgan fingerprint density at radius 3 is 2.38 bits per heavy atom. The van der Waals surface area contributed by atoms with Crippen molar-refractivity contribution in [2.24, 2.45) is 5.41 Å². The number of carbonyl (C=O) groups excluding carboxylic acids is 1. The Bertz CT molecular complexity index is 876. The van der Waals surface area contributed by atoms with Crippen molar-refractivity contribution in [1.29, 1.82) is 0 Å². The summed E-state index contributed by atoms with van der Waals surface area (Å²) in [5, 5.41) is 0. The van der Waals surface area contributed by atoms with Gasteiger partial charge < -0.3 is 9.64 Å². The number of nitrogens with zero attached hydrogens (tertiary/aromatic N) is 2. The minimum absolute atomic E-state index is 0.284. The van der Waals surface area contributed by atoms with Gasteiger partial charge in [0.15, 0.2) is 0 Å². The van der Waals surface area contributed by atoms with Crippen LogP contribution in [0.2, 0.25) is 0 Å². The Hall–Kier alpha value is -1.67. The molecule has 2 aliphatic rings. The van der Waals surface area contributed by atoms with Gasteiger partial charge in [-0.1, -0.05) is 6.07 Å². The first-order valence-electron chi connectivity index (χ1n) is 10.2. The molecule has 1 atom stereocenters. The Balaban J connectivity index is 1.84. The summed E-state index contributed by atoms with van der Waals surface area (Å²) in [6, 6.07) is 3.48. The molecule has 1 spiro atoms. The maximum Gasteiger partial charge on any atom is 0.410 e. The molecule has 2 heterocycles. The monoisotopic (exact) mass is 423 g/mol. The predicted octanol–water partition coefficient (Wildman–Crippen LogP) is 3.41. The van der Waals surface area contributed by atoms with E-state index >= 15 is 0 Å². The number of hydrogen-bond acceptors (Lipinski definition) is 5. The van der Waals surface area contributed by atoms with Crippen LogP contribution in [0.1, 0.15) is 71.7 Å². The Kier molecular flexibility index (Phi) is 5.49. The number of aromatic nitrogens is 1. The lowest BCUT2D eigenvalue weighted by atomic mass is 9.73. The van der Waals surface area contributed by atoms with Crippen LogP contribution >= 0.6 is 0 Å². The zero-order valence-electron chi connectivity index (χ0n) is 18.3. The molecular formula is C21H33N3O4S. The first-order valence-corrected chi connectivity index (χ1v) is 11.7. The van der Waals surface area contributed by atoms with Gasteiger partial charge in [0.1, 0.15) is 5.60 Å². The smallest absolute Gasteiger partial charge is 0.410 e. The van der Waals surface area contributed by atoms with Crippen molar-refractivity contribution in [3.63, 3.8) is 0 Å². The maximum atomic E-state index is 13.0. The highest BCUT2D eigenvalue weighted by Crippen LogP contribution is 2.52. The summed E-state index contributed by atoms with van der Waals surface area (Å²) in [5.41, 5.74) is 1.07. The molecule has 0 aromatic carbocycles. The van der Waals surface area contributed by atoms with Crippen LogP contribution in [0.15, 0.2) is 18.3 Å². The molecule has 0 saturated carbocycles. The van der Waals surface area contributed by atoms with E-state index in [-0.39, 0.29) is 17.6 Å². The molecule has 1 aliphatic carbocycles.